The van der Waals surface area contributed by atoms with Crippen molar-refractivity contribution in [3.05, 3.63) is 113 Å². The number of rotatable bonds is 6. The van der Waals surface area contributed by atoms with Crippen LogP contribution in [0, 0.1) is 5.82 Å². The van der Waals surface area contributed by atoms with Crippen LogP contribution in [0.1, 0.15) is 58.4 Å². The normalized spacial score (nSPS) is 19.4. The Bertz CT molecular complexity index is 1660. The third kappa shape index (κ3) is 4.73. The SMILES string of the molecule is CCN1C(=O)[C@@H](NC(=O)c2cccc(C(F)(F)F)c2)[C@@H](c2ccc(F)cc2)c2c(C3(N)CC3)nn(-c3ccccc3)c21. The summed E-state index contributed by atoms with van der Waals surface area (Å²) in [4.78, 5) is 29.1. The van der Waals surface area contributed by atoms with Crippen molar-refractivity contribution in [2.45, 2.75) is 43.4 Å². The lowest BCUT2D eigenvalue weighted by Gasteiger charge is -2.39. The number of anilines is 1. The van der Waals surface area contributed by atoms with Crippen LogP contribution < -0.4 is 16.0 Å². The van der Waals surface area contributed by atoms with Crippen molar-refractivity contribution in [2.24, 2.45) is 5.73 Å². The average Bonchev–Trinajstić information content (AvgIpc) is 3.60. The number of fused-ring (bicyclic) bond motifs is 1. The molecule has 4 aromatic rings. The van der Waals surface area contributed by atoms with E-state index in [4.69, 9.17) is 10.8 Å². The van der Waals surface area contributed by atoms with E-state index < -0.39 is 46.9 Å². The Kier molecular flexibility index (Phi) is 6.64. The summed E-state index contributed by atoms with van der Waals surface area (Å²) in [6, 6.07) is 17.6. The summed E-state index contributed by atoms with van der Waals surface area (Å²) in [5.74, 6) is -2.18. The minimum absolute atomic E-state index is 0.216. The van der Waals surface area contributed by atoms with Crippen molar-refractivity contribution in [1.82, 2.24) is 15.1 Å². The smallest absolute Gasteiger partial charge is 0.339 e. The molecule has 0 radical (unpaired) electrons. The molecule has 1 aliphatic heterocycles. The molecule has 0 unspecified atom stereocenters. The maximum Gasteiger partial charge on any atom is 0.416 e. The molecule has 11 heteroatoms. The van der Waals surface area contributed by atoms with Crippen molar-refractivity contribution in [3.63, 3.8) is 0 Å². The number of benzene rings is 3. The Balaban J connectivity index is 1.54. The largest absolute Gasteiger partial charge is 0.416 e. The lowest BCUT2D eigenvalue weighted by atomic mass is 9.79. The van der Waals surface area contributed by atoms with Gasteiger partial charge in [-0.1, -0.05) is 36.4 Å². The van der Waals surface area contributed by atoms with Gasteiger partial charge in [0.2, 0.25) is 0 Å². The van der Waals surface area contributed by atoms with Crippen LogP contribution in [0.4, 0.5) is 23.4 Å². The summed E-state index contributed by atoms with van der Waals surface area (Å²) in [6.07, 6.45) is -3.34. The number of nitrogens with zero attached hydrogens (tertiary/aromatic N) is 3. The highest BCUT2D eigenvalue weighted by molar-refractivity contribution is 6.05. The molecule has 1 aliphatic carbocycles. The Morgan fingerprint density at radius 3 is 2.36 bits per heavy atom. The van der Waals surface area contributed by atoms with E-state index in [1.165, 1.54) is 35.2 Å². The van der Waals surface area contributed by atoms with Crippen LogP contribution in [0.15, 0.2) is 78.9 Å². The van der Waals surface area contributed by atoms with E-state index in [2.05, 4.69) is 5.32 Å². The number of hydrogen-bond acceptors (Lipinski definition) is 4. The number of nitrogens with one attached hydrogen (secondary N) is 1. The highest BCUT2D eigenvalue weighted by Gasteiger charge is 2.52. The molecule has 1 saturated carbocycles. The van der Waals surface area contributed by atoms with Gasteiger partial charge in [0, 0.05) is 23.6 Å². The topological polar surface area (TPSA) is 93.2 Å². The molecule has 216 valence electrons. The van der Waals surface area contributed by atoms with Gasteiger partial charge in [0.25, 0.3) is 11.8 Å². The molecule has 0 bridgehead atoms. The van der Waals surface area contributed by atoms with Crippen LogP contribution in [-0.4, -0.2) is 34.2 Å². The first-order valence-corrected chi connectivity index (χ1v) is 13.5. The van der Waals surface area contributed by atoms with Gasteiger partial charge in [0.15, 0.2) is 0 Å². The number of hydrogen-bond donors (Lipinski definition) is 2. The molecule has 7 nitrogen and oxygen atoms in total. The lowest BCUT2D eigenvalue weighted by molar-refractivity contribution is -0.137. The molecule has 3 N–H and O–H groups in total. The third-order valence-corrected chi connectivity index (χ3v) is 7.87. The van der Waals surface area contributed by atoms with E-state index in [0.29, 0.717) is 41.2 Å². The van der Waals surface area contributed by atoms with Gasteiger partial charge in [-0.25, -0.2) is 9.07 Å². The van der Waals surface area contributed by atoms with Gasteiger partial charge >= 0.3 is 6.18 Å². The summed E-state index contributed by atoms with van der Waals surface area (Å²) in [5, 5.41) is 7.63. The van der Waals surface area contributed by atoms with Gasteiger partial charge in [0.1, 0.15) is 17.7 Å². The molecule has 2 amide bonds. The van der Waals surface area contributed by atoms with Gasteiger partial charge in [-0.3, -0.25) is 14.5 Å². The average molecular weight is 578 g/mol. The van der Waals surface area contributed by atoms with Crippen molar-refractivity contribution in [2.75, 3.05) is 11.4 Å². The monoisotopic (exact) mass is 577 g/mol. The molecule has 2 aliphatic rings. The minimum Gasteiger partial charge on any atom is -0.339 e. The number of carbonyl (C=O) groups is 2. The van der Waals surface area contributed by atoms with Crippen LogP contribution in [0.25, 0.3) is 5.69 Å². The molecule has 1 aromatic heterocycles. The van der Waals surface area contributed by atoms with E-state index in [1.54, 1.807) is 11.6 Å². The number of carbonyl (C=O) groups excluding carboxylic acids is 2. The highest BCUT2D eigenvalue weighted by Crippen LogP contribution is 2.51. The molecule has 1 fully saturated rings. The summed E-state index contributed by atoms with van der Waals surface area (Å²) in [7, 11) is 0. The zero-order valence-electron chi connectivity index (χ0n) is 22.5. The highest BCUT2D eigenvalue weighted by atomic mass is 19.4. The number of nitrogens with two attached hydrogens (primary N) is 1. The number of alkyl halides is 3. The second kappa shape index (κ2) is 10.1. The van der Waals surface area contributed by atoms with Crippen molar-refractivity contribution in [3.8, 4) is 5.69 Å². The second-order valence-electron chi connectivity index (χ2n) is 10.6. The molecular weight excluding hydrogens is 550 g/mol. The predicted molar refractivity (Wildman–Crippen MR) is 148 cm³/mol. The molecule has 0 saturated heterocycles. The fourth-order valence-corrected chi connectivity index (χ4v) is 5.58. The zero-order valence-corrected chi connectivity index (χ0v) is 22.5. The number of halogens is 4. The first-order chi connectivity index (χ1) is 20.0. The van der Waals surface area contributed by atoms with Gasteiger partial charge in [-0.2, -0.15) is 18.3 Å². The van der Waals surface area contributed by atoms with Crippen molar-refractivity contribution in [1.29, 1.82) is 0 Å². The zero-order chi connectivity index (χ0) is 29.8. The number of para-hydroxylation sites is 1. The Morgan fingerprint density at radius 2 is 1.74 bits per heavy atom. The number of aromatic nitrogens is 2. The maximum atomic E-state index is 14.2. The maximum absolute atomic E-state index is 14.2. The second-order valence-corrected chi connectivity index (χ2v) is 10.6. The van der Waals surface area contributed by atoms with E-state index in [1.807, 2.05) is 30.3 Å². The molecule has 2 atom stereocenters. The lowest BCUT2D eigenvalue weighted by Crippen LogP contribution is -2.55. The standard InChI is InChI=1S/C31H27F4N5O2/c1-2-39-28-24(26(30(36)15-16-30)38-40(28)22-9-4-3-5-10-22)23(18-11-13-21(32)14-12-18)25(29(39)42)37-27(41)19-7-6-8-20(17-19)31(33,34)35/h3-14,17,23,25H,2,15-16,36H2,1H3,(H,37,41)/t23-,25-/m0/s1. The van der Waals surface area contributed by atoms with E-state index >= 15 is 0 Å². The van der Waals surface area contributed by atoms with Gasteiger partial charge < -0.3 is 11.1 Å². The fraction of sp³-hybridized carbons (Fsp3) is 0.258. The van der Waals surface area contributed by atoms with Crippen molar-refractivity contribution >= 4 is 17.6 Å². The van der Waals surface area contributed by atoms with Gasteiger partial charge in [0.05, 0.1) is 22.5 Å². The molecule has 3 aromatic carbocycles. The summed E-state index contributed by atoms with van der Waals surface area (Å²) >= 11 is 0. The Hall–Kier alpha value is -4.51. The van der Waals surface area contributed by atoms with E-state index in [0.717, 1.165) is 18.2 Å². The summed E-state index contributed by atoms with van der Waals surface area (Å²) < 4.78 is 55.9. The molecule has 0 spiro atoms. The first kappa shape index (κ1) is 27.6. The summed E-state index contributed by atoms with van der Waals surface area (Å²) in [6.45, 7) is 2.00. The van der Waals surface area contributed by atoms with Crippen LogP contribution >= 0.6 is 0 Å². The van der Waals surface area contributed by atoms with Crippen molar-refractivity contribution < 1.29 is 27.2 Å². The Labute approximate surface area is 238 Å². The predicted octanol–water partition coefficient (Wildman–Crippen LogP) is 5.28. The van der Waals surface area contributed by atoms with Crippen LogP contribution in [0.2, 0.25) is 0 Å². The minimum atomic E-state index is -4.65. The van der Waals surface area contributed by atoms with Gasteiger partial charge in [-0.05, 0) is 67.8 Å². The van der Waals surface area contributed by atoms with E-state index in [9.17, 15) is 27.2 Å². The van der Waals surface area contributed by atoms with Gasteiger partial charge in [-0.15, -0.1) is 0 Å². The van der Waals surface area contributed by atoms with Crippen LogP contribution in [-0.2, 0) is 16.5 Å². The Morgan fingerprint density at radius 1 is 1.05 bits per heavy atom. The molecule has 42 heavy (non-hydrogen) atoms. The molecule has 6 rings (SSSR count). The van der Waals surface area contributed by atoms with Crippen LogP contribution in [0.3, 0.4) is 0 Å². The molecular formula is C31H27F4N5O2. The van der Waals surface area contributed by atoms with E-state index in [-0.39, 0.29) is 12.1 Å². The number of likely N-dealkylation sites (N-methyl/N-ethyl adjacent to an activating group) is 1. The quantitative estimate of drug-likeness (QED) is 0.305. The number of amides is 2. The summed E-state index contributed by atoms with van der Waals surface area (Å²) in [5.41, 5.74) is 7.12. The first-order valence-electron chi connectivity index (χ1n) is 13.5. The third-order valence-electron chi connectivity index (χ3n) is 7.87. The fourth-order valence-electron chi connectivity index (χ4n) is 5.58. The molecule has 2 heterocycles. The van der Waals surface area contributed by atoms with Crippen LogP contribution in [0.5, 0.6) is 0 Å².